The molecule has 0 aliphatic rings. The van der Waals surface area contributed by atoms with E-state index in [2.05, 4.69) is 0 Å². The van der Waals surface area contributed by atoms with Crippen molar-refractivity contribution in [1.82, 2.24) is 0 Å². The largest absolute Gasteiger partial charge is 0.490 e. The van der Waals surface area contributed by atoms with Gasteiger partial charge in [-0.3, -0.25) is 4.79 Å². The lowest BCUT2D eigenvalue weighted by Crippen LogP contribution is -2.10. The molecule has 110 valence electrons. The lowest BCUT2D eigenvalue weighted by atomic mass is 10.2. The molecule has 0 unspecified atom stereocenters. The van der Waals surface area contributed by atoms with Gasteiger partial charge in [-0.25, -0.2) is 0 Å². The van der Waals surface area contributed by atoms with Crippen LogP contribution in [0.1, 0.15) is 17.3 Å². The highest BCUT2D eigenvalue weighted by molar-refractivity contribution is 7.87. The molecule has 0 heterocycles. The number of rotatable bonds is 6. The second-order valence-electron chi connectivity index (χ2n) is 4.11. The molecule has 0 radical (unpaired) electrons. The topological polar surface area (TPSA) is 69.7 Å². The van der Waals surface area contributed by atoms with Crippen molar-refractivity contribution in [2.45, 2.75) is 11.8 Å². The minimum atomic E-state index is -3.94. The zero-order valence-corrected chi connectivity index (χ0v) is 12.2. The van der Waals surface area contributed by atoms with Crippen LogP contribution in [0, 0.1) is 0 Å². The first-order chi connectivity index (χ1) is 10.1. The van der Waals surface area contributed by atoms with Gasteiger partial charge in [-0.1, -0.05) is 18.2 Å². The van der Waals surface area contributed by atoms with Crippen LogP contribution in [0.2, 0.25) is 0 Å². The summed E-state index contributed by atoms with van der Waals surface area (Å²) in [4.78, 5) is 10.8. The van der Waals surface area contributed by atoms with Crippen LogP contribution < -0.4 is 8.92 Å². The Morgan fingerprint density at radius 2 is 1.76 bits per heavy atom. The van der Waals surface area contributed by atoms with Gasteiger partial charge in [0.25, 0.3) is 0 Å². The fraction of sp³-hybridized carbons (Fsp3) is 0.133. The second-order valence-corrected chi connectivity index (χ2v) is 5.65. The van der Waals surface area contributed by atoms with Gasteiger partial charge >= 0.3 is 10.1 Å². The van der Waals surface area contributed by atoms with Gasteiger partial charge in [0, 0.05) is 5.56 Å². The van der Waals surface area contributed by atoms with E-state index in [0.717, 1.165) is 0 Å². The molecule has 0 saturated heterocycles. The lowest BCUT2D eigenvalue weighted by Gasteiger charge is -2.12. The van der Waals surface area contributed by atoms with Crippen molar-refractivity contribution < 1.29 is 22.1 Å². The van der Waals surface area contributed by atoms with Gasteiger partial charge in [0.1, 0.15) is 11.2 Å². The first-order valence-electron chi connectivity index (χ1n) is 6.28. The van der Waals surface area contributed by atoms with Crippen LogP contribution in [0.3, 0.4) is 0 Å². The number of aldehydes is 1. The van der Waals surface area contributed by atoms with Crippen LogP contribution in [-0.4, -0.2) is 21.3 Å². The number of carbonyl (C=O) groups is 1. The molecule has 0 aliphatic carbocycles. The molecule has 0 N–H and O–H groups in total. The van der Waals surface area contributed by atoms with Crippen molar-refractivity contribution in [3.63, 3.8) is 0 Å². The van der Waals surface area contributed by atoms with Crippen LogP contribution in [0.25, 0.3) is 0 Å². The maximum atomic E-state index is 12.2. The van der Waals surface area contributed by atoms with Crippen molar-refractivity contribution in [3.05, 3.63) is 54.1 Å². The Morgan fingerprint density at radius 3 is 2.38 bits per heavy atom. The van der Waals surface area contributed by atoms with E-state index < -0.39 is 10.1 Å². The summed E-state index contributed by atoms with van der Waals surface area (Å²) < 4.78 is 34.7. The Bertz CT molecular complexity index is 723. The van der Waals surface area contributed by atoms with Gasteiger partial charge in [-0.15, -0.1) is 0 Å². The van der Waals surface area contributed by atoms with E-state index in [9.17, 15) is 13.2 Å². The molecule has 6 heteroatoms. The third-order valence-electron chi connectivity index (χ3n) is 2.64. The van der Waals surface area contributed by atoms with E-state index in [1.165, 1.54) is 30.3 Å². The summed E-state index contributed by atoms with van der Waals surface area (Å²) >= 11 is 0. The van der Waals surface area contributed by atoms with E-state index in [1.54, 1.807) is 25.1 Å². The number of ether oxygens (including phenoxy) is 1. The van der Waals surface area contributed by atoms with Crippen LogP contribution >= 0.6 is 0 Å². The van der Waals surface area contributed by atoms with Gasteiger partial charge in [-0.2, -0.15) is 8.42 Å². The molecule has 0 bridgehead atoms. The van der Waals surface area contributed by atoms with Crippen molar-refractivity contribution in [2.75, 3.05) is 6.61 Å². The summed E-state index contributed by atoms with van der Waals surface area (Å²) in [6, 6.07) is 12.1. The van der Waals surface area contributed by atoms with Crippen LogP contribution in [0.5, 0.6) is 11.5 Å². The van der Waals surface area contributed by atoms with E-state index >= 15 is 0 Å². The summed E-state index contributed by atoms with van der Waals surface area (Å²) in [7, 11) is -3.94. The molecule has 5 nitrogen and oxygen atoms in total. The minimum Gasteiger partial charge on any atom is -0.490 e. The number of hydrogen-bond donors (Lipinski definition) is 0. The molecule has 0 saturated carbocycles. The molecular weight excluding hydrogens is 292 g/mol. The molecule has 0 fully saturated rings. The third kappa shape index (κ3) is 3.61. The standard InChI is InChI=1S/C15H14O5S/c1-2-19-15-10-12(11-16)8-9-14(15)20-21(17,18)13-6-4-3-5-7-13/h3-11H,2H2,1H3. The van der Waals surface area contributed by atoms with E-state index in [1.807, 2.05) is 0 Å². The van der Waals surface area contributed by atoms with Gasteiger partial charge in [0.05, 0.1) is 6.61 Å². The highest BCUT2D eigenvalue weighted by Crippen LogP contribution is 2.30. The van der Waals surface area contributed by atoms with Crippen LogP contribution in [0.15, 0.2) is 53.4 Å². The molecule has 0 amide bonds. The molecule has 21 heavy (non-hydrogen) atoms. The van der Waals surface area contributed by atoms with Crippen molar-refractivity contribution >= 4 is 16.4 Å². The molecule has 0 aliphatic heterocycles. The normalized spacial score (nSPS) is 10.9. The smallest absolute Gasteiger partial charge is 0.339 e. The van der Waals surface area contributed by atoms with Gasteiger partial charge in [-0.05, 0) is 37.3 Å². The molecule has 2 aromatic rings. The Balaban J connectivity index is 2.37. The Morgan fingerprint density at radius 1 is 1.05 bits per heavy atom. The Labute approximate surface area is 123 Å². The summed E-state index contributed by atoms with van der Waals surface area (Å²) in [6.07, 6.45) is 0.651. The molecule has 0 aromatic heterocycles. The first kappa shape index (κ1) is 15.1. The average Bonchev–Trinajstić information content (AvgIpc) is 2.50. The van der Waals surface area contributed by atoms with Crippen molar-refractivity contribution in [1.29, 1.82) is 0 Å². The monoisotopic (exact) mass is 306 g/mol. The third-order valence-corrected chi connectivity index (χ3v) is 3.88. The minimum absolute atomic E-state index is 0.0475. The summed E-state index contributed by atoms with van der Waals surface area (Å²) in [5.74, 6) is 0.257. The SMILES string of the molecule is CCOc1cc(C=O)ccc1OS(=O)(=O)c1ccccc1. The van der Waals surface area contributed by atoms with E-state index in [-0.39, 0.29) is 16.4 Å². The van der Waals surface area contributed by atoms with Gasteiger partial charge in [0.2, 0.25) is 0 Å². The number of carbonyl (C=O) groups excluding carboxylic acids is 1. The fourth-order valence-corrected chi connectivity index (χ4v) is 2.65. The fourth-order valence-electron chi connectivity index (χ4n) is 1.69. The quantitative estimate of drug-likeness (QED) is 0.606. The van der Waals surface area contributed by atoms with Crippen molar-refractivity contribution in [2.24, 2.45) is 0 Å². The first-order valence-corrected chi connectivity index (χ1v) is 7.69. The highest BCUT2D eigenvalue weighted by Gasteiger charge is 2.19. The Kier molecular flexibility index (Phi) is 4.59. The zero-order chi connectivity index (χ0) is 15.3. The predicted molar refractivity (Wildman–Crippen MR) is 77.3 cm³/mol. The molecule has 0 atom stereocenters. The molecule has 2 aromatic carbocycles. The van der Waals surface area contributed by atoms with E-state index in [0.29, 0.717) is 18.5 Å². The lowest BCUT2D eigenvalue weighted by molar-refractivity contribution is 0.112. The van der Waals surface area contributed by atoms with Crippen LogP contribution in [0.4, 0.5) is 0 Å². The molecule has 2 rings (SSSR count). The van der Waals surface area contributed by atoms with E-state index in [4.69, 9.17) is 8.92 Å². The van der Waals surface area contributed by atoms with Gasteiger partial charge < -0.3 is 8.92 Å². The number of benzene rings is 2. The summed E-state index contributed by atoms with van der Waals surface area (Å²) in [6.45, 7) is 2.08. The molecular formula is C15H14O5S. The maximum absolute atomic E-state index is 12.2. The second kappa shape index (κ2) is 6.41. The van der Waals surface area contributed by atoms with Gasteiger partial charge in [0.15, 0.2) is 11.5 Å². The number of hydrogen-bond acceptors (Lipinski definition) is 5. The summed E-state index contributed by atoms with van der Waals surface area (Å²) in [5.41, 5.74) is 0.378. The average molecular weight is 306 g/mol. The maximum Gasteiger partial charge on any atom is 0.339 e. The predicted octanol–water partition coefficient (Wildman–Crippen LogP) is 2.67. The Hall–Kier alpha value is -2.34. The van der Waals surface area contributed by atoms with Crippen LogP contribution in [-0.2, 0) is 10.1 Å². The highest BCUT2D eigenvalue weighted by atomic mass is 32.2. The van der Waals surface area contributed by atoms with Crippen molar-refractivity contribution in [3.8, 4) is 11.5 Å². The zero-order valence-electron chi connectivity index (χ0n) is 11.4. The molecule has 0 spiro atoms. The summed E-state index contributed by atoms with van der Waals surface area (Å²) in [5, 5.41) is 0.